The average Bonchev–Trinajstić information content (AvgIpc) is 2.13. The molecule has 82 valence electrons. The predicted octanol–water partition coefficient (Wildman–Crippen LogP) is 3.32. The van der Waals surface area contributed by atoms with Gasteiger partial charge in [-0.2, -0.15) is 0 Å². The Morgan fingerprint density at radius 3 is 2.71 bits per heavy atom. The van der Waals surface area contributed by atoms with Crippen molar-refractivity contribution in [2.75, 3.05) is 6.61 Å². The molecule has 0 spiro atoms. The summed E-state index contributed by atoms with van der Waals surface area (Å²) in [5.74, 6) is 0.200. The Hall–Kier alpha value is -0.790. The van der Waals surface area contributed by atoms with E-state index in [-0.39, 0.29) is 5.97 Å². The highest BCUT2D eigenvalue weighted by atomic mass is 16.5. The maximum Gasteiger partial charge on any atom is 0.306 e. The van der Waals surface area contributed by atoms with Crippen LogP contribution in [0.2, 0.25) is 0 Å². The summed E-state index contributed by atoms with van der Waals surface area (Å²) in [6.45, 7) is 6.53. The van der Waals surface area contributed by atoms with Crippen LogP contribution in [-0.4, -0.2) is 12.6 Å². The van der Waals surface area contributed by atoms with Gasteiger partial charge in [-0.3, -0.25) is 4.79 Å². The molecule has 0 saturated heterocycles. The van der Waals surface area contributed by atoms with Crippen LogP contribution in [0.15, 0.2) is 12.2 Å². The van der Waals surface area contributed by atoms with Gasteiger partial charge < -0.3 is 4.74 Å². The van der Waals surface area contributed by atoms with Crippen molar-refractivity contribution in [3.8, 4) is 0 Å². The molecule has 0 aliphatic heterocycles. The number of unbranched alkanes of at least 4 members (excludes halogenated alkanes) is 2. The maximum absolute atomic E-state index is 11.1. The Kier molecular flexibility index (Phi) is 8.30. The number of ether oxygens (including phenoxy) is 1. The van der Waals surface area contributed by atoms with Crippen LogP contribution in [0.25, 0.3) is 0 Å². The molecule has 0 heterocycles. The van der Waals surface area contributed by atoms with Gasteiger partial charge >= 0.3 is 5.97 Å². The fourth-order valence-electron chi connectivity index (χ4n) is 1.20. The first-order valence-electron chi connectivity index (χ1n) is 5.53. The Labute approximate surface area is 87.3 Å². The van der Waals surface area contributed by atoms with E-state index in [9.17, 15) is 4.79 Å². The van der Waals surface area contributed by atoms with Crippen LogP contribution in [0.5, 0.6) is 0 Å². The minimum absolute atomic E-state index is 0.0971. The van der Waals surface area contributed by atoms with Gasteiger partial charge in [0.15, 0.2) is 0 Å². The normalized spacial score (nSPS) is 13.1. The number of esters is 1. The van der Waals surface area contributed by atoms with Gasteiger partial charge in [0.1, 0.15) is 0 Å². The molecule has 0 aliphatic rings. The molecule has 0 unspecified atom stereocenters. The third kappa shape index (κ3) is 7.84. The SMILES string of the molecule is CCCC/C=C/[C@@H](C)CC(=O)OCC. The lowest BCUT2D eigenvalue weighted by molar-refractivity contribution is -0.143. The number of carbonyl (C=O) groups is 1. The molecular formula is C12H22O2. The van der Waals surface area contributed by atoms with Gasteiger partial charge in [-0.1, -0.05) is 38.8 Å². The molecule has 0 amide bonds. The van der Waals surface area contributed by atoms with Crippen molar-refractivity contribution in [3.63, 3.8) is 0 Å². The second-order valence-electron chi connectivity index (χ2n) is 3.56. The maximum atomic E-state index is 11.1. The summed E-state index contributed by atoms with van der Waals surface area (Å²) < 4.78 is 4.87. The van der Waals surface area contributed by atoms with Crippen molar-refractivity contribution >= 4 is 5.97 Å². The molecule has 0 fully saturated rings. The summed E-state index contributed by atoms with van der Waals surface area (Å²) in [7, 11) is 0. The van der Waals surface area contributed by atoms with Gasteiger partial charge in [0.25, 0.3) is 0 Å². The molecule has 0 saturated carbocycles. The monoisotopic (exact) mass is 198 g/mol. The molecule has 14 heavy (non-hydrogen) atoms. The number of carbonyl (C=O) groups excluding carboxylic acids is 1. The molecule has 0 aromatic rings. The summed E-state index contributed by atoms with van der Waals surface area (Å²) >= 11 is 0. The predicted molar refractivity (Wildman–Crippen MR) is 59.1 cm³/mol. The van der Waals surface area contributed by atoms with Crippen LogP contribution in [0.4, 0.5) is 0 Å². The fraction of sp³-hybridized carbons (Fsp3) is 0.750. The van der Waals surface area contributed by atoms with Crippen LogP contribution in [-0.2, 0) is 9.53 Å². The van der Waals surface area contributed by atoms with Gasteiger partial charge in [0, 0.05) is 0 Å². The Balaban J connectivity index is 3.57. The van der Waals surface area contributed by atoms with Gasteiger partial charge in [0.2, 0.25) is 0 Å². The highest BCUT2D eigenvalue weighted by Crippen LogP contribution is 2.06. The summed E-state index contributed by atoms with van der Waals surface area (Å²) in [5, 5.41) is 0. The van der Waals surface area contributed by atoms with Crippen LogP contribution in [0.1, 0.15) is 46.5 Å². The summed E-state index contributed by atoms with van der Waals surface area (Å²) in [6, 6.07) is 0. The smallest absolute Gasteiger partial charge is 0.306 e. The van der Waals surface area contributed by atoms with Crippen LogP contribution in [0, 0.1) is 5.92 Å². The quantitative estimate of drug-likeness (QED) is 0.356. The minimum Gasteiger partial charge on any atom is -0.466 e. The molecule has 0 radical (unpaired) electrons. The number of allylic oxidation sites excluding steroid dienone is 2. The molecular weight excluding hydrogens is 176 g/mol. The first-order chi connectivity index (χ1) is 6.70. The second kappa shape index (κ2) is 8.79. The highest BCUT2D eigenvalue weighted by molar-refractivity contribution is 5.69. The van der Waals surface area contributed by atoms with E-state index in [1.807, 2.05) is 13.8 Å². The van der Waals surface area contributed by atoms with Gasteiger partial charge in [-0.05, 0) is 19.3 Å². The molecule has 0 N–H and O–H groups in total. The van der Waals surface area contributed by atoms with E-state index in [0.717, 1.165) is 6.42 Å². The molecule has 0 bridgehead atoms. The van der Waals surface area contributed by atoms with Gasteiger partial charge in [0.05, 0.1) is 13.0 Å². The molecule has 0 aromatic carbocycles. The van der Waals surface area contributed by atoms with Gasteiger partial charge in [-0.25, -0.2) is 0 Å². The second-order valence-corrected chi connectivity index (χ2v) is 3.56. The molecule has 0 aliphatic carbocycles. The summed E-state index contributed by atoms with van der Waals surface area (Å²) in [6.07, 6.45) is 8.32. The van der Waals surface area contributed by atoms with Crippen molar-refractivity contribution in [2.24, 2.45) is 5.92 Å². The largest absolute Gasteiger partial charge is 0.466 e. The Morgan fingerprint density at radius 1 is 1.43 bits per heavy atom. The lowest BCUT2D eigenvalue weighted by Gasteiger charge is -2.05. The Bertz CT molecular complexity index is 173. The Morgan fingerprint density at radius 2 is 2.14 bits per heavy atom. The van der Waals surface area contributed by atoms with Crippen LogP contribution in [0.3, 0.4) is 0 Å². The standard InChI is InChI=1S/C12H22O2/c1-4-6-7-8-9-11(3)10-12(13)14-5-2/h8-9,11H,4-7,10H2,1-3H3/b9-8+/t11-/m1/s1. The van der Waals surface area contributed by atoms with E-state index in [1.54, 1.807) is 0 Å². The first kappa shape index (κ1) is 13.2. The number of hydrogen-bond donors (Lipinski definition) is 0. The third-order valence-electron chi connectivity index (χ3n) is 1.98. The lowest BCUT2D eigenvalue weighted by Crippen LogP contribution is -2.07. The van der Waals surface area contributed by atoms with Crippen molar-refractivity contribution in [2.45, 2.75) is 46.5 Å². The van der Waals surface area contributed by atoms with E-state index in [0.29, 0.717) is 18.9 Å². The van der Waals surface area contributed by atoms with E-state index in [2.05, 4.69) is 19.1 Å². The molecule has 0 aromatic heterocycles. The van der Waals surface area contributed by atoms with E-state index in [1.165, 1.54) is 12.8 Å². The zero-order chi connectivity index (χ0) is 10.8. The van der Waals surface area contributed by atoms with Crippen molar-refractivity contribution in [1.82, 2.24) is 0 Å². The minimum atomic E-state index is -0.0971. The van der Waals surface area contributed by atoms with E-state index < -0.39 is 0 Å². The highest BCUT2D eigenvalue weighted by Gasteiger charge is 2.05. The molecule has 2 nitrogen and oxygen atoms in total. The molecule has 1 atom stereocenters. The number of hydrogen-bond acceptors (Lipinski definition) is 2. The van der Waals surface area contributed by atoms with E-state index >= 15 is 0 Å². The average molecular weight is 198 g/mol. The molecule has 2 heteroatoms. The topological polar surface area (TPSA) is 26.3 Å². The lowest BCUT2D eigenvalue weighted by atomic mass is 10.1. The zero-order valence-corrected chi connectivity index (χ0v) is 9.58. The zero-order valence-electron chi connectivity index (χ0n) is 9.58. The van der Waals surface area contributed by atoms with Crippen molar-refractivity contribution in [1.29, 1.82) is 0 Å². The summed E-state index contributed by atoms with van der Waals surface area (Å²) in [5.41, 5.74) is 0. The van der Waals surface area contributed by atoms with Crippen molar-refractivity contribution in [3.05, 3.63) is 12.2 Å². The fourth-order valence-corrected chi connectivity index (χ4v) is 1.20. The first-order valence-corrected chi connectivity index (χ1v) is 5.53. The van der Waals surface area contributed by atoms with Crippen LogP contribution < -0.4 is 0 Å². The van der Waals surface area contributed by atoms with Crippen LogP contribution >= 0.6 is 0 Å². The summed E-state index contributed by atoms with van der Waals surface area (Å²) in [4.78, 5) is 11.1. The van der Waals surface area contributed by atoms with Gasteiger partial charge in [-0.15, -0.1) is 0 Å². The van der Waals surface area contributed by atoms with E-state index in [4.69, 9.17) is 4.74 Å². The number of rotatable bonds is 7. The molecule has 0 rings (SSSR count). The third-order valence-corrected chi connectivity index (χ3v) is 1.98. The van der Waals surface area contributed by atoms with Crippen molar-refractivity contribution < 1.29 is 9.53 Å².